The van der Waals surface area contributed by atoms with Crippen LogP contribution in [0.5, 0.6) is 0 Å². The SMILES string of the molecule is Cc1nc(CN(C)C(=O)C2CNC2)cs1.Cl. The molecule has 0 aromatic carbocycles. The van der Waals surface area contributed by atoms with Crippen LogP contribution < -0.4 is 5.32 Å². The molecule has 2 rings (SSSR count). The Labute approximate surface area is 105 Å². The Hall–Kier alpha value is -0.650. The fourth-order valence-electron chi connectivity index (χ4n) is 1.58. The van der Waals surface area contributed by atoms with Gasteiger partial charge in [-0.2, -0.15) is 0 Å². The van der Waals surface area contributed by atoms with Gasteiger partial charge in [0, 0.05) is 25.5 Å². The number of aromatic nitrogens is 1. The molecule has 2 heterocycles. The van der Waals surface area contributed by atoms with Crippen molar-refractivity contribution < 1.29 is 4.79 Å². The first kappa shape index (κ1) is 13.4. The smallest absolute Gasteiger partial charge is 0.228 e. The number of carbonyl (C=O) groups is 1. The molecule has 0 atom stereocenters. The van der Waals surface area contributed by atoms with Crippen LogP contribution in [0.1, 0.15) is 10.7 Å². The molecule has 0 spiro atoms. The second-order valence-corrected chi connectivity index (χ2v) is 4.97. The number of nitrogens with zero attached hydrogens (tertiary/aromatic N) is 2. The third-order valence-electron chi connectivity index (χ3n) is 2.57. The molecule has 6 heteroatoms. The Morgan fingerprint density at radius 3 is 2.81 bits per heavy atom. The zero-order valence-corrected chi connectivity index (χ0v) is 11.0. The molecule has 4 nitrogen and oxygen atoms in total. The molecular formula is C10H16ClN3OS. The fourth-order valence-corrected chi connectivity index (χ4v) is 2.18. The molecule has 90 valence electrons. The summed E-state index contributed by atoms with van der Waals surface area (Å²) in [5, 5.41) is 6.17. The van der Waals surface area contributed by atoms with E-state index in [2.05, 4.69) is 10.3 Å². The zero-order valence-electron chi connectivity index (χ0n) is 9.40. The van der Waals surface area contributed by atoms with Crippen molar-refractivity contribution in [1.82, 2.24) is 15.2 Å². The normalized spacial score (nSPS) is 15.1. The first-order chi connectivity index (χ1) is 7.16. The summed E-state index contributed by atoms with van der Waals surface area (Å²) in [6, 6.07) is 0. The lowest BCUT2D eigenvalue weighted by molar-refractivity contribution is -0.136. The molecule has 1 aliphatic rings. The monoisotopic (exact) mass is 261 g/mol. The molecule has 1 aliphatic heterocycles. The lowest BCUT2D eigenvalue weighted by Crippen LogP contribution is -2.51. The summed E-state index contributed by atoms with van der Waals surface area (Å²) in [4.78, 5) is 17.9. The average Bonchev–Trinajstić information content (AvgIpc) is 2.48. The first-order valence-corrected chi connectivity index (χ1v) is 5.91. The number of rotatable bonds is 3. The molecule has 1 N–H and O–H groups in total. The average molecular weight is 262 g/mol. The first-order valence-electron chi connectivity index (χ1n) is 5.03. The highest BCUT2D eigenvalue weighted by Gasteiger charge is 2.27. The number of carbonyl (C=O) groups excluding carboxylic acids is 1. The third-order valence-corrected chi connectivity index (χ3v) is 3.40. The predicted molar refractivity (Wildman–Crippen MR) is 66.9 cm³/mol. The van der Waals surface area contributed by atoms with Crippen molar-refractivity contribution in [3.05, 3.63) is 16.1 Å². The van der Waals surface area contributed by atoms with Crippen LogP contribution in [-0.2, 0) is 11.3 Å². The molecule has 1 saturated heterocycles. The highest BCUT2D eigenvalue weighted by atomic mass is 35.5. The van der Waals surface area contributed by atoms with Crippen molar-refractivity contribution >= 4 is 29.7 Å². The Bertz CT molecular complexity index is 365. The van der Waals surface area contributed by atoms with Crippen LogP contribution in [0.2, 0.25) is 0 Å². The van der Waals surface area contributed by atoms with Gasteiger partial charge < -0.3 is 10.2 Å². The Morgan fingerprint density at radius 1 is 1.69 bits per heavy atom. The van der Waals surface area contributed by atoms with E-state index in [0.717, 1.165) is 23.8 Å². The van der Waals surface area contributed by atoms with E-state index in [9.17, 15) is 4.79 Å². The van der Waals surface area contributed by atoms with E-state index in [1.54, 1.807) is 16.2 Å². The maximum absolute atomic E-state index is 11.8. The summed E-state index contributed by atoms with van der Waals surface area (Å²) >= 11 is 1.62. The predicted octanol–water partition coefficient (Wildman–Crippen LogP) is 1.05. The van der Waals surface area contributed by atoms with Crippen molar-refractivity contribution in [2.45, 2.75) is 13.5 Å². The summed E-state index contributed by atoms with van der Waals surface area (Å²) < 4.78 is 0. The maximum Gasteiger partial charge on any atom is 0.228 e. The van der Waals surface area contributed by atoms with Crippen molar-refractivity contribution in [2.24, 2.45) is 5.92 Å². The van der Waals surface area contributed by atoms with Crippen LogP contribution >= 0.6 is 23.7 Å². The minimum Gasteiger partial charge on any atom is -0.340 e. The maximum atomic E-state index is 11.8. The van der Waals surface area contributed by atoms with Gasteiger partial charge in [0.05, 0.1) is 23.2 Å². The Morgan fingerprint density at radius 2 is 2.38 bits per heavy atom. The number of amides is 1. The van der Waals surface area contributed by atoms with Gasteiger partial charge in [0.15, 0.2) is 0 Å². The number of hydrogen-bond acceptors (Lipinski definition) is 4. The van der Waals surface area contributed by atoms with Crippen molar-refractivity contribution in [1.29, 1.82) is 0 Å². The summed E-state index contributed by atoms with van der Waals surface area (Å²) in [5.74, 6) is 0.397. The summed E-state index contributed by atoms with van der Waals surface area (Å²) in [5.41, 5.74) is 0.987. The summed E-state index contributed by atoms with van der Waals surface area (Å²) in [6.07, 6.45) is 0. The standard InChI is InChI=1S/C10H15N3OS.ClH/c1-7-12-9(6-15-7)5-13(2)10(14)8-3-11-4-8;/h6,8,11H,3-5H2,1-2H3;1H. The zero-order chi connectivity index (χ0) is 10.8. The number of hydrogen-bond donors (Lipinski definition) is 1. The van der Waals surface area contributed by atoms with Crippen molar-refractivity contribution in [2.75, 3.05) is 20.1 Å². The van der Waals surface area contributed by atoms with Gasteiger partial charge in [-0.3, -0.25) is 4.79 Å². The molecule has 0 bridgehead atoms. The van der Waals surface area contributed by atoms with E-state index in [-0.39, 0.29) is 24.2 Å². The van der Waals surface area contributed by atoms with E-state index in [1.165, 1.54) is 0 Å². The quantitative estimate of drug-likeness (QED) is 0.885. The third kappa shape index (κ3) is 2.93. The molecular weight excluding hydrogens is 246 g/mol. The number of aryl methyl sites for hydroxylation is 1. The van der Waals surface area contributed by atoms with Crippen LogP contribution in [0, 0.1) is 12.8 Å². The molecule has 16 heavy (non-hydrogen) atoms. The lowest BCUT2D eigenvalue weighted by Gasteiger charge is -2.29. The molecule has 0 radical (unpaired) electrons. The van der Waals surface area contributed by atoms with E-state index >= 15 is 0 Å². The van der Waals surface area contributed by atoms with Crippen molar-refractivity contribution in [3.63, 3.8) is 0 Å². The Balaban J connectivity index is 0.00000128. The highest BCUT2D eigenvalue weighted by molar-refractivity contribution is 7.09. The van der Waals surface area contributed by atoms with Crippen LogP contribution in [0.15, 0.2) is 5.38 Å². The second kappa shape index (κ2) is 5.61. The second-order valence-electron chi connectivity index (χ2n) is 3.91. The molecule has 1 amide bonds. The topological polar surface area (TPSA) is 45.2 Å². The Kier molecular flexibility index (Phi) is 4.70. The summed E-state index contributed by atoms with van der Waals surface area (Å²) in [6.45, 7) is 4.24. The van der Waals surface area contributed by atoms with Crippen LogP contribution in [0.25, 0.3) is 0 Å². The van der Waals surface area contributed by atoms with E-state index in [4.69, 9.17) is 0 Å². The molecule has 1 fully saturated rings. The van der Waals surface area contributed by atoms with Gasteiger partial charge in [-0.1, -0.05) is 0 Å². The van der Waals surface area contributed by atoms with Crippen LogP contribution in [0.4, 0.5) is 0 Å². The number of halogens is 1. The van der Waals surface area contributed by atoms with Crippen LogP contribution in [0.3, 0.4) is 0 Å². The van der Waals surface area contributed by atoms with E-state index < -0.39 is 0 Å². The molecule has 1 aromatic heterocycles. The number of nitrogens with one attached hydrogen (secondary N) is 1. The molecule has 1 aromatic rings. The minimum absolute atomic E-state index is 0. The van der Waals surface area contributed by atoms with Gasteiger partial charge >= 0.3 is 0 Å². The molecule has 0 aliphatic carbocycles. The van der Waals surface area contributed by atoms with Gasteiger partial charge in [-0.15, -0.1) is 23.7 Å². The van der Waals surface area contributed by atoms with Gasteiger partial charge in [0.1, 0.15) is 0 Å². The van der Waals surface area contributed by atoms with Gasteiger partial charge in [0.2, 0.25) is 5.91 Å². The largest absolute Gasteiger partial charge is 0.340 e. The van der Waals surface area contributed by atoms with E-state index in [1.807, 2.05) is 19.4 Å². The molecule has 0 unspecified atom stereocenters. The van der Waals surface area contributed by atoms with Gasteiger partial charge in [-0.25, -0.2) is 4.98 Å². The minimum atomic E-state index is 0. The highest BCUT2D eigenvalue weighted by Crippen LogP contribution is 2.12. The van der Waals surface area contributed by atoms with Gasteiger partial charge in [-0.05, 0) is 6.92 Å². The fraction of sp³-hybridized carbons (Fsp3) is 0.600. The lowest BCUT2D eigenvalue weighted by atomic mass is 10.0. The van der Waals surface area contributed by atoms with Crippen LogP contribution in [-0.4, -0.2) is 35.9 Å². The van der Waals surface area contributed by atoms with Crippen molar-refractivity contribution in [3.8, 4) is 0 Å². The number of thiazole rings is 1. The van der Waals surface area contributed by atoms with E-state index in [0.29, 0.717) is 6.54 Å². The molecule has 0 saturated carbocycles. The summed E-state index contributed by atoms with van der Waals surface area (Å²) in [7, 11) is 1.84. The van der Waals surface area contributed by atoms with Gasteiger partial charge in [0.25, 0.3) is 0 Å².